The third-order valence-electron chi connectivity index (χ3n) is 3.26. The average Bonchev–Trinajstić information content (AvgIpc) is 2.48. The highest BCUT2D eigenvalue weighted by molar-refractivity contribution is 5.90. The summed E-state index contributed by atoms with van der Waals surface area (Å²) in [6.45, 7) is 1.88. The van der Waals surface area contributed by atoms with E-state index in [0.29, 0.717) is 5.82 Å². The van der Waals surface area contributed by atoms with Crippen LogP contribution in [0.1, 0.15) is 5.69 Å². The molecule has 1 aromatic carbocycles. The largest absolute Gasteiger partial charge is 0.372 e. The molecule has 0 radical (unpaired) electrons. The fourth-order valence-electron chi connectivity index (χ4n) is 2.31. The van der Waals surface area contributed by atoms with Crippen molar-refractivity contribution in [1.29, 1.82) is 0 Å². The smallest absolute Gasteiger partial charge is 0.354 e. The molecule has 3 rings (SSSR count). The lowest BCUT2D eigenvalue weighted by molar-refractivity contribution is 0.937. The van der Waals surface area contributed by atoms with Gasteiger partial charge in [0.15, 0.2) is 0 Å². The van der Waals surface area contributed by atoms with Gasteiger partial charge >= 0.3 is 5.69 Å². The van der Waals surface area contributed by atoms with Gasteiger partial charge in [-0.25, -0.2) is 4.79 Å². The Kier molecular flexibility index (Phi) is 2.95. The lowest BCUT2D eigenvalue weighted by atomic mass is 10.2. The molecule has 0 unspecified atom stereocenters. The number of aryl methyl sites for hydroxylation is 1. The molecule has 20 heavy (non-hydrogen) atoms. The van der Waals surface area contributed by atoms with Gasteiger partial charge in [0.05, 0.1) is 16.9 Å². The lowest BCUT2D eigenvalue weighted by Crippen LogP contribution is -2.23. The Morgan fingerprint density at radius 1 is 1.15 bits per heavy atom. The van der Waals surface area contributed by atoms with Crippen molar-refractivity contribution in [3.8, 4) is 5.69 Å². The third-order valence-corrected chi connectivity index (χ3v) is 3.26. The molecule has 0 fully saturated rings. The van der Waals surface area contributed by atoms with E-state index in [9.17, 15) is 4.79 Å². The van der Waals surface area contributed by atoms with Crippen LogP contribution in [-0.2, 0) is 0 Å². The van der Waals surface area contributed by atoms with Crippen molar-refractivity contribution < 1.29 is 0 Å². The van der Waals surface area contributed by atoms with E-state index in [1.54, 1.807) is 17.8 Å². The van der Waals surface area contributed by atoms with Crippen LogP contribution in [0.2, 0.25) is 0 Å². The van der Waals surface area contributed by atoms with Gasteiger partial charge in [0.2, 0.25) is 0 Å². The minimum Gasteiger partial charge on any atom is -0.372 e. The quantitative estimate of drug-likeness (QED) is 0.772. The second-order valence-corrected chi connectivity index (χ2v) is 4.45. The Morgan fingerprint density at radius 2 is 1.95 bits per heavy atom. The van der Waals surface area contributed by atoms with Crippen LogP contribution in [0.4, 0.5) is 5.82 Å². The Hall–Kier alpha value is -2.69. The number of para-hydroxylation sites is 1. The summed E-state index contributed by atoms with van der Waals surface area (Å²) in [6.07, 6.45) is 1.71. The van der Waals surface area contributed by atoms with E-state index in [1.165, 1.54) is 0 Å². The standard InChI is InChI=1S/C15H14N4O/c1-10-12(8-5-9-17-10)19-13-7-4-3-6-11(13)14(16-2)18-15(19)20/h3-9H,1-2H3,(H,16,18,20). The second-order valence-electron chi connectivity index (χ2n) is 4.45. The molecule has 0 aliphatic carbocycles. The zero-order valence-corrected chi connectivity index (χ0v) is 11.3. The maximum Gasteiger partial charge on any atom is 0.354 e. The van der Waals surface area contributed by atoms with Gasteiger partial charge in [-0.15, -0.1) is 0 Å². The van der Waals surface area contributed by atoms with E-state index in [2.05, 4.69) is 15.3 Å². The molecular weight excluding hydrogens is 252 g/mol. The third kappa shape index (κ3) is 1.84. The average molecular weight is 266 g/mol. The van der Waals surface area contributed by atoms with Gasteiger partial charge in [-0.3, -0.25) is 9.55 Å². The number of nitrogens with zero attached hydrogens (tertiary/aromatic N) is 3. The first-order chi connectivity index (χ1) is 9.72. The molecule has 0 bridgehead atoms. The summed E-state index contributed by atoms with van der Waals surface area (Å²) in [5.41, 5.74) is 2.04. The Bertz CT molecular complexity index is 839. The Balaban J connectivity index is 2.46. The Labute approximate surface area is 115 Å². The molecule has 0 aliphatic rings. The lowest BCUT2D eigenvalue weighted by Gasteiger charge is -2.13. The molecule has 0 atom stereocenters. The molecule has 3 aromatic rings. The summed E-state index contributed by atoms with van der Waals surface area (Å²) in [6, 6.07) is 11.4. The molecule has 0 aliphatic heterocycles. The van der Waals surface area contributed by atoms with Gasteiger partial charge in [0.25, 0.3) is 0 Å². The molecule has 100 valence electrons. The van der Waals surface area contributed by atoms with Gasteiger partial charge in [-0.05, 0) is 31.2 Å². The van der Waals surface area contributed by atoms with Crippen LogP contribution in [0, 0.1) is 6.92 Å². The van der Waals surface area contributed by atoms with Gasteiger partial charge in [0, 0.05) is 18.6 Å². The summed E-state index contributed by atoms with van der Waals surface area (Å²) >= 11 is 0. The van der Waals surface area contributed by atoms with E-state index in [1.807, 2.05) is 43.3 Å². The van der Waals surface area contributed by atoms with Crippen LogP contribution in [0.3, 0.4) is 0 Å². The number of aromatic nitrogens is 3. The summed E-state index contributed by atoms with van der Waals surface area (Å²) < 4.78 is 1.60. The predicted octanol–water partition coefficient (Wildman–Crippen LogP) is 2.13. The predicted molar refractivity (Wildman–Crippen MR) is 79.4 cm³/mol. The van der Waals surface area contributed by atoms with E-state index < -0.39 is 0 Å². The summed E-state index contributed by atoms with van der Waals surface area (Å²) in [5, 5.41) is 3.86. The Morgan fingerprint density at radius 3 is 2.70 bits per heavy atom. The molecular formula is C15H14N4O. The fourth-order valence-corrected chi connectivity index (χ4v) is 2.31. The number of hydrogen-bond acceptors (Lipinski definition) is 4. The van der Waals surface area contributed by atoms with Gasteiger partial charge < -0.3 is 5.32 Å². The van der Waals surface area contributed by atoms with Crippen LogP contribution in [-0.4, -0.2) is 21.6 Å². The van der Waals surface area contributed by atoms with E-state index in [4.69, 9.17) is 0 Å². The van der Waals surface area contributed by atoms with Crippen LogP contribution in [0.25, 0.3) is 16.6 Å². The van der Waals surface area contributed by atoms with Crippen molar-refractivity contribution in [2.24, 2.45) is 0 Å². The van der Waals surface area contributed by atoms with Gasteiger partial charge in [-0.1, -0.05) is 12.1 Å². The molecule has 0 amide bonds. The number of fused-ring (bicyclic) bond motifs is 1. The monoisotopic (exact) mass is 266 g/mol. The van der Waals surface area contributed by atoms with Crippen LogP contribution < -0.4 is 11.0 Å². The molecule has 5 heteroatoms. The normalized spacial score (nSPS) is 10.7. The second kappa shape index (κ2) is 4.77. The van der Waals surface area contributed by atoms with Gasteiger partial charge in [-0.2, -0.15) is 4.98 Å². The molecule has 5 nitrogen and oxygen atoms in total. The molecule has 1 N–H and O–H groups in total. The van der Waals surface area contributed by atoms with E-state index in [-0.39, 0.29) is 5.69 Å². The zero-order chi connectivity index (χ0) is 14.1. The number of anilines is 1. The number of pyridine rings is 1. The zero-order valence-electron chi connectivity index (χ0n) is 11.3. The SMILES string of the molecule is CNc1nc(=O)n(-c2cccnc2C)c2ccccc12. The fraction of sp³-hybridized carbons (Fsp3) is 0.133. The first-order valence-corrected chi connectivity index (χ1v) is 6.34. The number of hydrogen-bond donors (Lipinski definition) is 1. The summed E-state index contributed by atoms with van der Waals surface area (Å²) in [4.78, 5) is 20.7. The maximum absolute atomic E-state index is 12.3. The highest BCUT2D eigenvalue weighted by Gasteiger charge is 2.12. The van der Waals surface area contributed by atoms with Crippen molar-refractivity contribution in [3.05, 3.63) is 58.8 Å². The highest BCUT2D eigenvalue weighted by atomic mass is 16.1. The van der Waals surface area contributed by atoms with Crippen molar-refractivity contribution in [2.45, 2.75) is 6.92 Å². The minimum atomic E-state index is -0.316. The van der Waals surface area contributed by atoms with Gasteiger partial charge in [0.1, 0.15) is 5.82 Å². The first-order valence-electron chi connectivity index (χ1n) is 6.34. The van der Waals surface area contributed by atoms with E-state index in [0.717, 1.165) is 22.3 Å². The molecule has 2 heterocycles. The number of rotatable bonds is 2. The van der Waals surface area contributed by atoms with Crippen molar-refractivity contribution >= 4 is 16.7 Å². The van der Waals surface area contributed by atoms with Crippen LogP contribution >= 0.6 is 0 Å². The minimum absolute atomic E-state index is 0.316. The number of benzene rings is 1. The van der Waals surface area contributed by atoms with Crippen LogP contribution in [0.15, 0.2) is 47.4 Å². The molecule has 0 saturated heterocycles. The molecule has 2 aromatic heterocycles. The first kappa shape index (κ1) is 12.3. The van der Waals surface area contributed by atoms with Crippen molar-refractivity contribution in [1.82, 2.24) is 14.5 Å². The maximum atomic E-state index is 12.3. The summed E-state index contributed by atoms with van der Waals surface area (Å²) in [5.74, 6) is 0.586. The highest BCUT2D eigenvalue weighted by Crippen LogP contribution is 2.22. The van der Waals surface area contributed by atoms with Crippen LogP contribution in [0.5, 0.6) is 0 Å². The number of nitrogens with one attached hydrogen (secondary N) is 1. The van der Waals surface area contributed by atoms with E-state index >= 15 is 0 Å². The van der Waals surface area contributed by atoms with Crippen molar-refractivity contribution in [2.75, 3.05) is 12.4 Å². The summed E-state index contributed by atoms with van der Waals surface area (Å²) in [7, 11) is 1.76. The molecule has 0 saturated carbocycles. The van der Waals surface area contributed by atoms with Crippen molar-refractivity contribution in [3.63, 3.8) is 0 Å². The molecule has 0 spiro atoms. The topological polar surface area (TPSA) is 59.8 Å².